The van der Waals surface area contributed by atoms with Crippen molar-refractivity contribution in [2.75, 3.05) is 5.32 Å². The van der Waals surface area contributed by atoms with Crippen LogP contribution in [-0.2, 0) is 19.6 Å². The molecule has 6 nitrogen and oxygen atoms in total. The van der Waals surface area contributed by atoms with Gasteiger partial charge in [-0.15, -0.1) is 0 Å². The number of rotatable bonds is 6. The molecule has 0 aliphatic rings. The Kier molecular flexibility index (Phi) is 6.36. The molecule has 0 aliphatic heterocycles. The lowest BCUT2D eigenvalue weighted by molar-refractivity contribution is 0.653. The molecule has 3 rings (SSSR count). The summed E-state index contributed by atoms with van der Waals surface area (Å²) in [7, 11) is 0. The average Bonchev–Trinajstić information content (AvgIpc) is 3.16. The van der Waals surface area contributed by atoms with E-state index in [0.29, 0.717) is 18.2 Å². The van der Waals surface area contributed by atoms with Crippen molar-refractivity contribution in [1.29, 1.82) is 0 Å². The third kappa shape index (κ3) is 4.54. The van der Waals surface area contributed by atoms with Crippen molar-refractivity contribution < 1.29 is 0 Å². The second-order valence-electron chi connectivity index (χ2n) is 6.70. The minimum atomic E-state index is 0.562. The van der Waals surface area contributed by atoms with Crippen LogP contribution in [-0.4, -0.2) is 24.7 Å². The molecule has 0 fully saturated rings. The lowest BCUT2D eigenvalue weighted by Crippen LogP contribution is -2.28. The SMILES string of the molecule is CCn1cc(CNC(=S)Nc2c(C)nn(Cc3ccccc3Cl)c2C)c(C)n1. The van der Waals surface area contributed by atoms with E-state index < -0.39 is 0 Å². The van der Waals surface area contributed by atoms with Crippen LogP contribution in [0.1, 0.15) is 35.1 Å². The molecule has 2 heterocycles. The monoisotopic (exact) mass is 416 g/mol. The molecule has 2 N–H and O–H groups in total. The maximum Gasteiger partial charge on any atom is 0.171 e. The van der Waals surface area contributed by atoms with Gasteiger partial charge in [0.15, 0.2) is 5.11 Å². The molecule has 3 aromatic rings. The van der Waals surface area contributed by atoms with Gasteiger partial charge in [-0.05, 0) is 51.5 Å². The molecule has 2 aromatic heterocycles. The van der Waals surface area contributed by atoms with E-state index in [2.05, 4.69) is 27.8 Å². The largest absolute Gasteiger partial charge is 0.358 e. The van der Waals surface area contributed by atoms with E-state index in [4.69, 9.17) is 23.8 Å². The van der Waals surface area contributed by atoms with Gasteiger partial charge in [0.25, 0.3) is 0 Å². The third-order valence-corrected chi connectivity index (χ3v) is 5.32. The van der Waals surface area contributed by atoms with E-state index in [-0.39, 0.29) is 0 Å². The predicted octanol–water partition coefficient (Wildman–Crippen LogP) is 4.21. The fourth-order valence-electron chi connectivity index (χ4n) is 3.05. The minimum absolute atomic E-state index is 0.562. The summed E-state index contributed by atoms with van der Waals surface area (Å²) in [5.41, 5.74) is 6.00. The fraction of sp³-hybridized carbons (Fsp3) is 0.350. The van der Waals surface area contributed by atoms with Crippen LogP contribution in [0.15, 0.2) is 30.5 Å². The lowest BCUT2D eigenvalue weighted by atomic mass is 10.2. The summed E-state index contributed by atoms with van der Waals surface area (Å²) in [5.74, 6) is 0. The van der Waals surface area contributed by atoms with E-state index in [1.165, 1.54) is 0 Å². The van der Waals surface area contributed by atoms with Crippen molar-refractivity contribution in [2.45, 2.75) is 47.3 Å². The predicted molar refractivity (Wildman–Crippen MR) is 118 cm³/mol. The van der Waals surface area contributed by atoms with E-state index in [0.717, 1.165) is 45.5 Å². The number of halogens is 1. The van der Waals surface area contributed by atoms with Gasteiger partial charge in [0, 0.05) is 29.9 Å². The topological polar surface area (TPSA) is 59.7 Å². The highest BCUT2D eigenvalue weighted by atomic mass is 35.5. The van der Waals surface area contributed by atoms with Crippen LogP contribution in [0, 0.1) is 20.8 Å². The molecule has 0 amide bonds. The van der Waals surface area contributed by atoms with Gasteiger partial charge in [-0.3, -0.25) is 9.36 Å². The normalized spacial score (nSPS) is 10.9. The zero-order valence-electron chi connectivity index (χ0n) is 16.6. The summed E-state index contributed by atoms with van der Waals surface area (Å²) in [5, 5.41) is 16.9. The average molecular weight is 417 g/mol. The zero-order valence-corrected chi connectivity index (χ0v) is 18.2. The quantitative estimate of drug-likeness (QED) is 0.589. The van der Waals surface area contributed by atoms with Gasteiger partial charge in [0.2, 0.25) is 0 Å². The molecule has 0 unspecified atom stereocenters. The van der Waals surface area contributed by atoms with Gasteiger partial charge in [-0.25, -0.2) is 0 Å². The fourth-order valence-corrected chi connectivity index (χ4v) is 3.42. The minimum Gasteiger partial charge on any atom is -0.358 e. The first-order valence-corrected chi connectivity index (χ1v) is 10.0. The van der Waals surface area contributed by atoms with Gasteiger partial charge >= 0.3 is 0 Å². The maximum atomic E-state index is 6.29. The molecule has 0 saturated heterocycles. The van der Waals surface area contributed by atoms with Gasteiger partial charge in [0.05, 0.1) is 29.3 Å². The van der Waals surface area contributed by atoms with Crippen molar-refractivity contribution in [3.8, 4) is 0 Å². The number of nitrogens with zero attached hydrogens (tertiary/aromatic N) is 4. The summed E-state index contributed by atoms with van der Waals surface area (Å²) in [6, 6.07) is 7.81. The van der Waals surface area contributed by atoms with Gasteiger partial charge in [-0.1, -0.05) is 29.8 Å². The Morgan fingerprint density at radius 2 is 1.86 bits per heavy atom. The van der Waals surface area contributed by atoms with E-state index in [1.807, 2.05) is 60.6 Å². The Hall–Kier alpha value is -2.38. The molecule has 0 atom stereocenters. The Bertz CT molecular complexity index is 991. The second-order valence-corrected chi connectivity index (χ2v) is 7.51. The van der Waals surface area contributed by atoms with Crippen LogP contribution >= 0.6 is 23.8 Å². The molecular weight excluding hydrogens is 392 g/mol. The Labute approximate surface area is 175 Å². The molecule has 0 radical (unpaired) electrons. The molecule has 8 heteroatoms. The molecule has 0 saturated carbocycles. The number of aryl methyl sites for hydroxylation is 3. The molecule has 0 spiro atoms. The van der Waals surface area contributed by atoms with Crippen molar-refractivity contribution in [3.63, 3.8) is 0 Å². The third-order valence-electron chi connectivity index (χ3n) is 4.71. The summed E-state index contributed by atoms with van der Waals surface area (Å²) in [6.45, 7) is 10.2. The van der Waals surface area contributed by atoms with Crippen LogP contribution in [0.3, 0.4) is 0 Å². The first kappa shape index (κ1) is 20.4. The molecule has 1 aromatic carbocycles. The first-order valence-electron chi connectivity index (χ1n) is 9.24. The molecule has 148 valence electrons. The maximum absolute atomic E-state index is 6.29. The van der Waals surface area contributed by atoms with Gasteiger partial charge in [-0.2, -0.15) is 10.2 Å². The van der Waals surface area contributed by atoms with Gasteiger partial charge in [0.1, 0.15) is 0 Å². The van der Waals surface area contributed by atoms with Crippen molar-refractivity contribution in [2.24, 2.45) is 0 Å². The number of aromatic nitrogens is 4. The highest BCUT2D eigenvalue weighted by Gasteiger charge is 2.14. The van der Waals surface area contributed by atoms with Crippen molar-refractivity contribution in [1.82, 2.24) is 24.9 Å². The van der Waals surface area contributed by atoms with E-state index >= 15 is 0 Å². The zero-order chi connectivity index (χ0) is 20.3. The van der Waals surface area contributed by atoms with Crippen LogP contribution in [0.2, 0.25) is 5.02 Å². The number of anilines is 1. The van der Waals surface area contributed by atoms with Gasteiger partial charge < -0.3 is 10.6 Å². The Morgan fingerprint density at radius 1 is 1.11 bits per heavy atom. The lowest BCUT2D eigenvalue weighted by Gasteiger charge is -2.11. The molecule has 0 bridgehead atoms. The summed E-state index contributed by atoms with van der Waals surface area (Å²) in [4.78, 5) is 0. The summed E-state index contributed by atoms with van der Waals surface area (Å²) in [6.07, 6.45) is 2.04. The van der Waals surface area contributed by atoms with E-state index in [9.17, 15) is 0 Å². The highest BCUT2D eigenvalue weighted by Crippen LogP contribution is 2.22. The second kappa shape index (κ2) is 8.75. The number of thiocarbonyl (C=S) groups is 1. The number of hydrogen-bond acceptors (Lipinski definition) is 3. The van der Waals surface area contributed by atoms with Crippen LogP contribution in [0.4, 0.5) is 5.69 Å². The smallest absolute Gasteiger partial charge is 0.171 e. The van der Waals surface area contributed by atoms with Crippen LogP contribution in [0.5, 0.6) is 0 Å². The van der Waals surface area contributed by atoms with Crippen LogP contribution in [0.25, 0.3) is 0 Å². The van der Waals surface area contributed by atoms with Crippen molar-refractivity contribution >= 4 is 34.6 Å². The number of nitrogens with one attached hydrogen (secondary N) is 2. The Balaban J connectivity index is 1.67. The highest BCUT2D eigenvalue weighted by molar-refractivity contribution is 7.80. The van der Waals surface area contributed by atoms with Crippen molar-refractivity contribution in [3.05, 3.63) is 63.7 Å². The molecule has 0 aliphatic carbocycles. The summed E-state index contributed by atoms with van der Waals surface area (Å²) < 4.78 is 3.87. The standard InChI is InChI=1S/C20H25ClN6S/c1-5-26-11-17(13(2)24-26)10-22-20(28)23-19-14(3)25-27(15(19)4)12-16-8-6-7-9-18(16)21/h6-9,11H,5,10,12H2,1-4H3,(H2,22,23,28). The Morgan fingerprint density at radius 3 is 2.54 bits per heavy atom. The van der Waals surface area contributed by atoms with E-state index in [1.54, 1.807) is 0 Å². The first-order chi connectivity index (χ1) is 13.4. The molecular formula is C20H25ClN6S. The van der Waals surface area contributed by atoms with Crippen LogP contribution < -0.4 is 10.6 Å². The summed E-state index contributed by atoms with van der Waals surface area (Å²) >= 11 is 11.8. The number of benzene rings is 1. The molecule has 28 heavy (non-hydrogen) atoms. The number of hydrogen-bond donors (Lipinski definition) is 2.